The zero-order valence-electron chi connectivity index (χ0n) is 18.6. The van der Waals surface area contributed by atoms with Gasteiger partial charge in [0.1, 0.15) is 0 Å². The number of aryl methyl sites for hydroxylation is 1. The minimum atomic E-state index is -0.315. The van der Waals surface area contributed by atoms with Crippen LogP contribution in [0, 0.1) is 10.5 Å². The Morgan fingerprint density at radius 2 is 1.76 bits per heavy atom. The van der Waals surface area contributed by atoms with Gasteiger partial charge in [-0.1, -0.05) is 29.3 Å². The molecule has 3 rings (SSSR count). The molecule has 0 spiro atoms. The third-order valence-electron chi connectivity index (χ3n) is 4.50. The third kappa shape index (κ3) is 7.46. The number of carbonyl (C=O) groups is 2. The summed E-state index contributed by atoms with van der Waals surface area (Å²) in [5.41, 5.74) is 5.43. The Kier molecular flexibility index (Phi) is 9.29. The van der Waals surface area contributed by atoms with Crippen LogP contribution < -0.4 is 20.2 Å². The SMILES string of the molecule is CCOc1cc(/C=N/NC(=O)c2ccc(C)cc2)cc(I)c1OCC(=O)Nc1ccc(Cl)cc1. The Labute approximate surface area is 216 Å². The molecule has 0 saturated carbocycles. The zero-order valence-corrected chi connectivity index (χ0v) is 21.5. The smallest absolute Gasteiger partial charge is 0.271 e. The summed E-state index contributed by atoms with van der Waals surface area (Å²) in [6.45, 7) is 4.02. The lowest BCUT2D eigenvalue weighted by molar-refractivity contribution is -0.118. The molecule has 2 amide bonds. The molecule has 0 aromatic heterocycles. The normalized spacial score (nSPS) is 10.7. The third-order valence-corrected chi connectivity index (χ3v) is 5.55. The fraction of sp³-hybridized carbons (Fsp3) is 0.160. The first-order valence-electron chi connectivity index (χ1n) is 10.4. The van der Waals surface area contributed by atoms with E-state index < -0.39 is 0 Å². The van der Waals surface area contributed by atoms with Crippen LogP contribution in [0.4, 0.5) is 5.69 Å². The van der Waals surface area contributed by atoms with Crippen molar-refractivity contribution in [2.45, 2.75) is 13.8 Å². The molecule has 0 aliphatic carbocycles. The van der Waals surface area contributed by atoms with Crippen molar-refractivity contribution >= 4 is 57.9 Å². The highest BCUT2D eigenvalue weighted by Crippen LogP contribution is 2.34. The quantitative estimate of drug-likeness (QED) is 0.197. The lowest BCUT2D eigenvalue weighted by Gasteiger charge is -2.14. The standard InChI is InChI=1S/C25H23ClIN3O4/c1-3-33-22-13-17(14-28-30-25(32)18-6-4-16(2)5-7-18)12-21(27)24(22)34-15-23(31)29-20-10-8-19(26)9-11-20/h4-14H,3,15H2,1-2H3,(H,29,31)(H,30,32)/b28-14+. The number of nitrogens with one attached hydrogen (secondary N) is 2. The molecule has 176 valence electrons. The van der Waals surface area contributed by atoms with Crippen LogP contribution >= 0.6 is 34.2 Å². The van der Waals surface area contributed by atoms with Gasteiger partial charge in [-0.3, -0.25) is 9.59 Å². The van der Waals surface area contributed by atoms with Gasteiger partial charge in [0.05, 0.1) is 16.4 Å². The molecular weight excluding hydrogens is 569 g/mol. The Morgan fingerprint density at radius 1 is 1.06 bits per heavy atom. The Morgan fingerprint density at radius 3 is 2.44 bits per heavy atom. The maximum Gasteiger partial charge on any atom is 0.271 e. The summed E-state index contributed by atoms with van der Waals surface area (Å²) in [7, 11) is 0. The number of ether oxygens (including phenoxy) is 2. The van der Waals surface area contributed by atoms with E-state index in [0.29, 0.717) is 39.9 Å². The lowest BCUT2D eigenvalue weighted by atomic mass is 10.1. The topological polar surface area (TPSA) is 89.0 Å². The largest absolute Gasteiger partial charge is 0.490 e. The minimum Gasteiger partial charge on any atom is -0.490 e. The van der Waals surface area contributed by atoms with E-state index in [-0.39, 0.29) is 18.4 Å². The first-order valence-corrected chi connectivity index (χ1v) is 11.9. The van der Waals surface area contributed by atoms with Crippen molar-refractivity contribution in [3.05, 3.63) is 85.9 Å². The van der Waals surface area contributed by atoms with Crippen molar-refractivity contribution in [3.8, 4) is 11.5 Å². The van der Waals surface area contributed by atoms with Crippen LogP contribution in [0.3, 0.4) is 0 Å². The monoisotopic (exact) mass is 591 g/mol. The van der Waals surface area contributed by atoms with Gasteiger partial charge in [0.25, 0.3) is 11.8 Å². The van der Waals surface area contributed by atoms with Gasteiger partial charge in [-0.2, -0.15) is 5.10 Å². The number of nitrogens with zero attached hydrogens (tertiary/aromatic N) is 1. The van der Waals surface area contributed by atoms with Gasteiger partial charge in [0, 0.05) is 16.3 Å². The summed E-state index contributed by atoms with van der Waals surface area (Å²) >= 11 is 7.97. The molecule has 0 bridgehead atoms. The molecule has 0 atom stereocenters. The van der Waals surface area contributed by atoms with Gasteiger partial charge in [0.2, 0.25) is 0 Å². The number of hydrogen-bond acceptors (Lipinski definition) is 5. The van der Waals surface area contributed by atoms with Crippen LogP contribution in [0.25, 0.3) is 0 Å². The first-order chi connectivity index (χ1) is 16.4. The van der Waals surface area contributed by atoms with Gasteiger partial charge >= 0.3 is 0 Å². The van der Waals surface area contributed by atoms with Crippen LogP contribution in [-0.2, 0) is 4.79 Å². The number of rotatable bonds is 9. The summed E-state index contributed by atoms with van der Waals surface area (Å²) in [5, 5.41) is 7.38. The van der Waals surface area contributed by atoms with E-state index in [4.69, 9.17) is 21.1 Å². The molecule has 0 aliphatic heterocycles. The molecular formula is C25H23ClIN3O4. The molecule has 7 nitrogen and oxygen atoms in total. The fourth-order valence-electron chi connectivity index (χ4n) is 2.87. The van der Waals surface area contributed by atoms with E-state index in [1.54, 1.807) is 42.5 Å². The molecule has 0 fully saturated rings. The molecule has 0 radical (unpaired) electrons. The number of benzene rings is 3. The Balaban J connectivity index is 1.65. The summed E-state index contributed by atoms with van der Waals surface area (Å²) in [6, 6.07) is 17.6. The summed E-state index contributed by atoms with van der Waals surface area (Å²) in [5.74, 6) is 0.308. The molecule has 0 heterocycles. The average Bonchev–Trinajstić information content (AvgIpc) is 2.80. The maximum absolute atomic E-state index is 12.3. The highest BCUT2D eigenvalue weighted by molar-refractivity contribution is 14.1. The van der Waals surface area contributed by atoms with E-state index in [1.165, 1.54) is 6.21 Å². The molecule has 9 heteroatoms. The number of carbonyl (C=O) groups excluding carboxylic acids is 2. The van der Waals surface area contributed by atoms with Gasteiger partial charge in [-0.05, 0) is 90.5 Å². The molecule has 0 saturated heterocycles. The number of amides is 2. The van der Waals surface area contributed by atoms with Crippen molar-refractivity contribution in [3.63, 3.8) is 0 Å². The van der Waals surface area contributed by atoms with E-state index in [2.05, 4.69) is 38.4 Å². The summed E-state index contributed by atoms with van der Waals surface area (Å²) in [4.78, 5) is 24.5. The molecule has 0 unspecified atom stereocenters. The van der Waals surface area contributed by atoms with Crippen LogP contribution in [-0.4, -0.2) is 31.2 Å². The van der Waals surface area contributed by atoms with Crippen molar-refractivity contribution in [2.24, 2.45) is 5.10 Å². The highest BCUT2D eigenvalue weighted by Gasteiger charge is 2.14. The van der Waals surface area contributed by atoms with Crippen molar-refractivity contribution in [1.82, 2.24) is 5.43 Å². The average molecular weight is 592 g/mol. The predicted molar refractivity (Wildman–Crippen MR) is 142 cm³/mol. The molecule has 2 N–H and O–H groups in total. The number of hydrazone groups is 1. The number of halogens is 2. The Hall–Kier alpha value is -3.11. The van der Waals surface area contributed by atoms with Crippen LogP contribution in [0.5, 0.6) is 11.5 Å². The number of anilines is 1. The first kappa shape index (κ1) is 25.5. The highest BCUT2D eigenvalue weighted by atomic mass is 127. The second-order valence-corrected chi connectivity index (χ2v) is 8.77. The second-order valence-electron chi connectivity index (χ2n) is 7.17. The van der Waals surface area contributed by atoms with E-state index >= 15 is 0 Å². The van der Waals surface area contributed by atoms with Crippen LogP contribution in [0.15, 0.2) is 65.8 Å². The fourth-order valence-corrected chi connectivity index (χ4v) is 3.78. The Bertz CT molecular complexity index is 1180. The van der Waals surface area contributed by atoms with Crippen LogP contribution in [0.1, 0.15) is 28.4 Å². The molecule has 0 aliphatic rings. The van der Waals surface area contributed by atoms with Gasteiger partial charge < -0.3 is 14.8 Å². The molecule has 3 aromatic carbocycles. The molecule has 34 heavy (non-hydrogen) atoms. The zero-order chi connectivity index (χ0) is 24.5. The predicted octanol–water partition coefficient (Wildman–Crippen LogP) is 5.43. The van der Waals surface area contributed by atoms with Crippen molar-refractivity contribution in [1.29, 1.82) is 0 Å². The van der Waals surface area contributed by atoms with Crippen molar-refractivity contribution < 1.29 is 19.1 Å². The van der Waals surface area contributed by atoms with E-state index in [9.17, 15) is 9.59 Å². The van der Waals surface area contributed by atoms with Gasteiger partial charge in [-0.15, -0.1) is 0 Å². The molecule has 3 aromatic rings. The minimum absolute atomic E-state index is 0.196. The van der Waals surface area contributed by atoms with Crippen LogP contribution in [0.2, 0.25) is 5.02 Å². The number of hydrogen-bond donors (Lipinski definition) is 2. The van der Waals surface area contributed by atoms with Gasteiger partial charge in [0.15, 0.2) is 18.1 Å². The summed E-state index contributed by atoms with van der Waals surface area (Å²) in [6.07, 6.45) is 1.52. The van der Waals surface area contributed by atoms with E-state index in [1.807, 2.05) is 32.0 Å². The second kappa shape index (κ2) is 12.4. The van der Waals surface area contributed by atoms with Crippen molar-refractivity contribution in [2.75, 3.05) is 18.5 Å². The summed E-state index contributed by atoms with van der Waals surface area (Å²) < 4.78 is 12.2. The lowest BCUT2D eigenvalue weighted by Crippen LogP contribution is -2.20. The van der Waals surface area contributed by atoms with E-state index in [0.717, 1.165) is 9.13 Å². The maximum atomic E-state index is 12.3. The van der Waals surface area contributed by atoms with Gasteiger partial charge in [-0.25, -0.2) is 5.43 Å².